The minimum absolute atomic E-state index is 0.104. The number of ether oxygens (including phenoxy) is 1. The van der Waals surface area contributed by atoms with Gasteiger partial charge in [0, 0.05) is 44.0 Å². The molecule has 0 bridgehead atoms. The second-order valence-corrected chi connectivity index (χ2v) is 10.7. The SMILES string of the molecule is COCc1cnc(C2(O)CCC(NC3CCN(C(=O)CNC(=O)c4cccc(C(F)(F)F)c4)C3)CC2)s1. The number of likely N-dealkylation sites (tertiary alicyclic amines) is 1. The Kier molecular flexibility index (Phi) is 8.52. The van der Waals surface area contributed by atoms with Gasteiger partial charge in [0.05, 0.1) is 23.6 Å². The van der Waals surface area contributed by atoms with Crippen molar-refractivity contribution < 1.29 is 32.6 Å². The fourth-order valence-corrected chi connectivity index (χ4v) is 5.90. The lowest BCUT2D eigenvalue weighted by Gasteiger charge is -2.36. The summed E-state index contributed by atoms with van der Waals surface area (Å²) in [6.45, 7) is 1.22. The van der Waals surface area contributed by atoms with Gasteiger partial charge >= 0.3 is 6.18 Å². The molecule has 0 radical (unpaired) electrons. The molecule has 1 aromatic heterocycles. The summed E-state index contributed by atoms with van der Waals surface area (Å²) >= 11 is 1.48. The van der Waals surface area contributed by atoms with Crippen molar-refractivity contribution in [1.82, 2.24) is 20.5 Å². The maximum atomic E-state index is 12.9. The molecule has 1 aromatic carbocycles. The van der Waals surface area contributed by atoms with Crippen LogP contribution in [0.4, 0.5) is 13.2 Å². The van der Waals surface area contributed by atoms with E-state index in [1.54, 1.807) is 18.2 Å². The van der Waals surface area contributed by atoms with E-state index in [0.717, 1.165) is 47.3 Å². The molecule has 1 atom stereocenters. The number of nitrogens with one attached hydrogen (secondary N) is 2. The van der Waals surface area contributed by atoms with Gasteiger partial charge in [-0.3, -0.25) is 9.59 Å². The van der Waals surface area contributed by atoms with Crippen LogP contribution >= 0.6 is 11.3 Å². The largest absolute Gasteiger partial charge is 0.416 e. The molecule has 2 aliphatic rings. The van der Waals surface area contributed by atoms with Gasteiger partial charge < -0.3 is 25.4 Å². The Bertz CT molecular complexity index is 1100. The molecule has 0 spiro atoms. The van der Waals surface area contributed by atoms with Gasteiger partial charge in [0.15, 0.2) is 0 Å². The van der Waals surface area contributed by atoms with Crippen LogP contribution < -0.4 is 10.6 Å². The molecule has 2 amide bonds. The molecular weight excluding hydrogens is 509 g/mol. The Morgan fingerprint density at radius 3 is 2.70 bits per heavy atom. The van der Waals surface area contributed by atoms with Crippen molar-refractivity contribution in [1.29, 1.82) is 0 Å². The van der Waals surface area contributed by atoms with Gasteiger partial charge in [-0.05, 0) is 50.3 Å². The highest BCUT2D eigenvalue weighted by Crippen LogP contribution is 2.39. The number of benzene rings is 1. The van der Waals surface area contributed by atoms with Crippen LogP contribution in [0.1, 0.15) is 57.9 Å². The molecule has 202 valence electrons. The zero-order valence-electron chi connectivity index (χ0n) is 20.5. The molecular formula is C25H31F3N4O4S. The number of nitrogens with zero attached hydrogens (tertiary/aromatic N) is 2. The van der Waals surface area contributed by atoms with E-state index >= 15 is 0 Å². The minimum atomic E-state index is -4.55. The van der Waals surface area contributed by atoms with Gasteiger partial charge in [0.2, 0.25) is 5.91 Å². The maximum Gasteiger partial charge on any atom is 0.416 e. The molecule has 2 fully saturated rings. The fourth-order valence-electron chi connectivity index (χ4n) is 4.87. The Balaban J connectivity index is 1.21. The van der Waals surface area contributed by atoms with Gasteiger partial charge in [-0.25, -0.2) is 4.98 Å². The van der Waals surface area contributed by atoms with E-state index in [1.165, 1.54) is 17.4 Å². The number of aliphatic hydroxyl groups is 1. The molecule has 12 heteroatoms. The third kappa shape index (κ3) is 6.86. The second-order valence-electron chi connectivity index (χ2n) is 9.62. The van der Waals surface area contributed by atoms with Crippen LogP contribution in [0.3, 0.4) is 0 Å². The van der Waals surface area contributed by atoms with Gasteiger partial charge in [0.25, 0.3) is 5.91 Å². The molecule has 8 nitrogen and oxygen atoms in total. The Hall–Kier alpha value is -2.54. The molecule has 1 saturated carbocycles. The van der Waals surface area contributed by atoms with E-state index in [0.29, 0.717) is 32.5 Å². The lowest BCUT2D eigenvalue weighted by atomic mass is 9.82. The van der Waals surface area contributed by atoms with Crippen LogP contribution in [-0.2, 0) is 27.9 Å². The summed E-state index contributed by atoms with van der Waals surface area (Å²) in [5, 5.41) is 17.8. The van der Waals surface area contributed by atoms with Gasteiger partial charge in [-0.15, -0.1) is 11.3 Å². The monoisotopic (exact) mass is 540 g/mol. The van der Waals surface area contributed by atoms with E-state index in [4.69, 9.17) is 4.74 Å². The minimum Gasteiger partial charge on any atom is -0.383 e. The van der Waals surface area contributed by atoms with Gasteiger partial charge in [-0.2, -0.15) is 13.2 Å². The number of carbonyl (C=O) groups excluding carboxylic acids is 2. The summed E-state index contributed by atoms with van der Waals surface area (Å²) in [5.74, 6) is -1.00. The number of methoxy groups -OCH3 is 1. The van der Waals surface area contributed by atoms with Crippen molar-refractivity contribution >= 4 is 23.2 Å². The molecule has 2 aromatic rings. The van der Waals surface area contributed by atoms with Crippen LogP contribution in [0.25, 0.3) is 0 Å². The predicted octanol–water partition coefficient (Wildman–Crippen LogP) is 3.06. The molecule has 4 rings (SSSR count). The van der Waals surface area contributed by atoms with Gasteiger partial charge in [-0.1, -0.05) is 6.07 Å². The number of rotatable bonds is 8. The van der Waals surface area contributed by atoms with Crippen molar-refractivity contribution in [3.63, 3.8) is 0 Å². The first-order chi connectivity index (χ1) is 17.6. The number of carbonyl (C=O) groups is 2. The number of aromatic nitrogens is 1. The molecule has 1 saturated heterocycles. The normalized spacial score (nSPS) is 24.3. The highest BCUT2D eigenvalue weighted by atomic mass is 32.1. The number of halogens is 3. The van der Waals surface area contributed by atoms with E-state index in [9.17, 15) is 27.9 Å². The summed E-state index contributed by atoms with van der Waals surface area (Å²) in [4.78, 5) is 31.9. The first-order valence-electron chi connectivity index (χ1n) is 12.2. The van der Waals surface area contributed by atoms with E-state index in [1.807, 2.05) is 0 Å². The van der Waals surface area contributed by atoms with Crippen molar-refractivity contribution in [2.45, 2.75) is 62.6 Å². The molecule has 1 aliphatic carbocycles. The smallest absolute Gasteiger partial charge is 0.383 e. The van der Waals surface area contributed by atoms with Gasteiger partial charge in [0.1, 0.15) is 10.6 Å². The lowest BCUT2D eigenvalue weighted by molar-refractivity contribution is -0.137. The van der Waals surface area contributed by atoms with E-state index in [2.05, 4.69) is 15.6 Å². The summed E-state index contributed by atoms with van der Waals surface area (Å²) < 4.78 is 43.8. The van der Waals surface area contributed by atoms with Crippen LogP contribution in [-0.4, -0.2) is 65.6 Å². The number of alkyl halides is 3. The number of hydrogen-bond donors (Lipinski definition) is 3. The molecule has 2 heterocycles. The predicted molar refractivity (Wildman–Crippen MR) is 131 cm³/mol. The third-order valence-electron chi connectivity index (χ3n) is 6.92. The molecule has 1 aliphatic heterocycles. The van der Waals surface area contributed by atoms with Crippen LogP contribution in [0.15, 0.2) is 30.5 Å². The molecule has 3 N–H and O–H groups in total. The third-order valence-corrected chi connectivity index (χ3v) is 8.08. The molecule has 1 unspecified atom stereocenters. The van der Waals surface area contributed by atoms with Crippen molar-refractivity contribution in [2.24, 2.45) is 0 Å². The summed E-state index contributed by atoms with van der Waals surface area (Å²) in [6.07, 6.45) is 0.734. The Labute approximate surface area is 217 Å². The Morgan fingerprint density at radius 1 is 1.24 bits per heavy atom. The fraction of sp³-hybridized carbons (Fsp3) is 0.560. The first-order valence-corrected chi connectivity index (χ1v) is 13.0. The highest BCUT2D eigenvalue weighted by molar-refractivity contribution is 7.11. The molecule has 37 heavy (non-hydrogen) atoms. The van der Waals surface area contributed by atoms with Crippen molar-refractivity contribution in [3.05, 3.63) is 51.5 Å². The van der Waals surface area contributed by atoms with E-state index < -0.39 is 23.2 Å². The number of amides is 2. The maximum absolute atomic E-state index is 12.9. The standard InChI is InChI=1S/C25H31F3N4O4S/c1-36-15-20-12-30-23(37-20)24(35)8-5-18(6-9-24)31-19-7-10-32(14-19)21(33)13-29-22(34)16-3-2-4-17(11-16)25(26,27)28/h2-4,11-12,18-19,31,35H,5-10,13-15H2,1H3,(H,29,34). The number of hydrogen-bond acceptors (Lipinski definition) is 7. The summed E-state index contributed by atoms with van der Waals surface area (Å²) in [5.41, 5.74) is -1.98. The summed E-state index contributed by atoms with van der Waals surface area (Å²) in [6, 6.07) is 4.44. The number of thiazole rings is 1. The Morgan fingerprint density at radius 2 is 2.00 bits per heavy atom. The van der Waals surface area contributed by atoms with Crippen molar-refractivity contribution in [3.8, 4) is 0 Å². The first kappa shape index (κ1) is 27.5. The zero-order chi connectivity index (χ0) is 26.6. The van der Waals surface area contributed by atoms with Crippen LogP contribution in [0, 0.1) is 0 Å². The zero-order valence-corrected chi connectivity index (χ0v) is 21.3. The van der Waals surface area contributed by atoms with Crippen LogP contribution in [0.2, 0.25) is 0 Å². The summed E-state index contributed by atoms with van der Waals surface area (Å²) in [7, 11) is 1.62. The highest BCUT2D eigenvalue weighted by Gasteiger charge is 2.38. The average molecular weight is 541 g/mol. The second kappa shape index (κ2) is 11.5. The van der Waals surface area contributed by atoms with E-state index in [-0.39, 0.29) is 30.1 Å². The average Bonchev–Trinajstić information content (AvgIpc) is 3.54. The van der Waals surface area contributed by atoms with Crippen LogP contribution in [0.5, 0.6) is 0 Å². The lowest BCUT2D eigenvalue weighted by Crippen LogP contribution is -2.46. The van der Waals surface area contributed by atoms with Crippen molar-refractivity contribution in [2.75, 3.05) is 26.7 Å². The quantitative estimate of drug-likeness (QED) is 0.476. The topological polar surface area (TPSA) is 104 Å².